The molecule has 0 aromatic carbocycles. The molecule has 4 aliphatic rings. The Bertz CT molecular complexity index is 502. The molecule has 0 saturated heterocycles. The van der Waals surface area contributed by atoms with Crippen LogP contribution in [0.4, 0.5) is 0 Å². The van der Waals surface area contributed by atoms with Crippen molar-refractivity contribution in [1.29, 1.82) is 0 Å². The molecule has 1 nitrogen and oxygen atoms in total. The van der Waals surface area contributed by atoms with E-state index in [2.05, 4.69) is 26.0 Å². The zero-order chi connectivity index (χ0) is 15.3. The molecule has 0 aromatic rings. The number of fused-ring (bicyclic) bond motifs is 5. The Kier molecular flexibility index (Phi) is 3.76. The highest BCUT2D eigenvalue weighted by atomic mass is 16.3. The van der Waals surface area contributed by atoms with E-state index in [1.165, 1.54) is 56.9 Å². The monoisotopic (exact) mass is 300 g/mol. The first-order chi connectivity index (χ1) is 10.7. The Balaban J connectivity index is 1.64. The van der Waals surface area contributed by atoms with Crippen molar-refractivity contribution in [1.82, 2.24) is 0 Å². The normalized spacial score (nSPS) is 47.1. The number of hydrogen-bond donors (Lipinski definition) is 1. The van der Waals surface area contributed by atoms with Crippen LogP contribution in [-0.4, -0.2) is 11.2 Å². The fourth-order valence-electron chi connectivity index (χ4n) is 7.05. The Hall–Kier alpha value is -0.560. The Morgan fingerprint density at radius 2 is 2.05 bits per heavy atom. The molecule has 3 fully saturated rings. The van der Waals surface area contributed by atoms with Gasteiger partial charge in [0, 0.05) is 0 Å². The van der Waals surface area contributed by atoms with E-state index in [-0.39, 0.29) is 6.10 Å². The van der Waals surface area contributed by atoms with Crippen LogP contribution in [0.1, 0.15) is 71.6 Å². The molecule has 4 rings (SSSR count). The van der Waals surface area contributed by atoms with Gasteiger partial charge >= 0.3 is 0 Å². The van der Waals surface area contributed by atoms with E-state index < -0.39 is 0 Å². The van der Waals surface area contributed by atoms with Gasteiger partial charge in [-0.25, -0.2) is 0 Å². The third kappa shape index (κ3) is 2.00. The third-order valence-electron chi connectivity index (χ3n) is 7.97. The number of allylic oxidation sites excluding steroid dienone is 2. The van der Waals surface area contributed by atoms with Gasteiger partial charge in [0.05, 0.1) is 6.10 Å². The highest BCUT2D eigenvalue weighted by Gasteiger charge is 2.55. The fraction of sp³-hybridized carbons (Fsp3) is 0.810. The first-order valence-corrected chi connectivity index (χ1v) is 9.78. The maximum atomic E-state index is 9.92. The first-order valence-electron chi connectivity index (χ1n) is 9.78. The lowest BCUT2D eigenvalue weighted by atomic mass is 9.51. The summed E-state index contributed by atoms with van der Waals surface area (Å²) in [7, 11) is 0. The average molecular weight is 300 g/mol. The van der Waals surface area contributed by atoms with Crippen molar-refractivity contribution in [2.75, 3.05) is 0 Å². The molecule has 0 radical (unpaired) electrons. The smallest absolute Gasteiger partial charge is 0.0761 e. The van der Waals surface area contributed by atoms with Gasteiger partial charge in [-0.05, 0) is 91.6 Å². The van der Waals surface area contributed by atoms with Gasteiger partial charge in [0.25, 0.3) is 0 Å². The first kappa shape index (κ1) is 15.0. The van der Waals surface area contributed by atoms with Gasteiger partial charge in [0.2, 0.25) is 0 Å². The Morgan fingerprint density at radius 3 is 2.82 bits per heavy atom. The molecule has 0 heterocycles. The van der Waals surface area contributed by atoms with Gasteiger partial charge in [-0.3, -0.25) is 0 Å². The van der Waals surface area contributed by atoms with Gasteiger partial charge < -0.3 is 5.11 Å². The van der Waals surface area contributed by atoms with Crippen molar-refractivity contribution in [3.8, 4) is 0 Å². The van der Waals surface area contributed by atoms with Crippen molar-refractivity contribution >= 4 is 0 Å². The minimum atomic E-state index is -0.218. The van der Waals surface area contributed by atoms with E-state index in [0.29, 0.717) is 5.41 Å². The summed E-state index contributed by atoms with van der Waals surface area (Å²) in [6, 6.07) is 0. The molecule has 122 valence electrons. The van der Waals surface area contributed by atoms with Crippen molar-refractivity contribution < 1.29 is 5.11 Å². The van der Waals surface area contributed by atoms with E-state index in [9.17, 15) is 5.11 Å². The van der Waals surface area contributed by atoms with E-state index in [1.807, 2.05) is 0 Å². The fourth-order valence-corrected chi connectivity index (χ4v) is 7.05. The standard InChI is InChI=1S/C21H32O/c1-3-15-6-10-20-19-8-5-14-13-16(22)7-9-17(14)18(19)11-12-21(15,20)4-2/h9,13,15-16,18-20,22H,3-8,10-12H2,1-2H3/t15-,16?,18?,19?,20?,21+/m0/s1. The van der Waals surface area contributed by atoms with Crippen molar-refractivity contribution in [3.05, 3.63) is 23.3 Å². The number of rotatable bonds is 2. The van der Waals surface area contributed by atoms with E-state index in [1.54, 1.807) is 5.57 Å². The highest BCUT2D eigenvalue weighted by molar-refractivity contribution is 5.40. The van der Waals surface area contributed by atoms with E-state index in [4.69, 9.17) is 0 Å². The lowest BCUT2D eigenvalue weighted by molar-refractivity contribution is -0.00472. The SMILES string of the molecule is CC[C@H]1CCC2C3CCC4=CC(O)CC=C4C3CC[C@@]21CC. The molecular formula is C21H32O. The van der Waals surface area contributed by atoms with Crippen LogP contribution < -0.4 is 0 Å². The summed E-state index contributed by atoms with van der Waals surface area (Å²) in [5.41, 5.74) is 3.81. The molecular weight excluding hydrogens is 268 g/mol. The quantitative estimate of drug-likeness (QED) is 0.738. The second-order valence-electron chi connectivity index (χ2n) is 8.38. The van der Waals surface area contributed by atoms with Crippen molar-refractivity contribution in [2.45, 2.75) is 77.7 Å². The summed E-state index contributed by atoms with van der Waals surface area (Å²) in [5.74, 6) is 3.72. The van der Waals surface area contributed by atoms with Crippen LogP contribution >= 0.6 is 0 Å². The molecule has 1 N–H and O–H groups in total. The zero-order valence-electron chi connectivity index (χ0n) is 14.4. The molecule has 1 heteroatoms. The molecule has 0 aliphatic heterocycles. The molecule has 3 saturated carbocycles. The summed E-state index contributed by atoms with van der Waals surface area (Å²) < 4.78 is 0. The Labute approximate surface area is 135 Å². The maximum Gasteiger partial charge on any atom is 0.0761 e. The summed E-state index contributed by atoms with van der Waals surface area (Å²) >= 11 is 0. The summed E-state index contributed by atoms with van der Waals surface area (Å²) in [4.78, 5) is 0. The largest absolute Gasteiger partial charge is 0.389 e. The van der Waals surface area contributed by atoms with Crippen LogP contribution in [-0.2, 0) is 0 Å². The second-order valence-corrected chi connectivity index (χ2v) is 8.38. The van der Waals surface area contributed by atoms with Gasteiger partial charge in [-0.15, -0.1) is 0 Å². The molecule has 0 spiro atoms. The van der Waals surface area contributed by atoms with Crippen LogP contribution in [0.2, 0.25) is 0 Å². The highest BCUT2D eigenvalue weighted by Crippen LogP contribution is 2.65. The summed E-state index contributed by atoms with van der Waals surface area (Å²) in [5, 5.41) is 9.92. The third-order valence-corrected chi connectivity index (χ3v) is 7.97. The molecule has 6 atom stereocenters. The predicted octanol–water partition coefficient (Wildman–Crippen LogP) is 5.26. The van der Waals surface area contributed by atoms with Crippen LogP contribution in [0.5, 0.6) is 0 Å². The lowest BCUT2D eigenvalue weighted by Gasteiger charge is -2.53. The minimum Gasteiger partial charge on any atom is -0.389 e. The summed E-state index contributed by atoms with van der Waals surface area (Å²) in [6.45, 7) is 4.88. The number of hydrogen-bond acceptors (Lipinski definition) is 1. The number of aliphatic hydroxyl groups excluding tert-OH is 1. The maximum absolute atomic E-state index is 9.92. The lowest BCUT2D eigenvalue weighted by Crippen LogP contribution is -2.45. The Morgan fingerprint density at radius 1 is 1.18 bits per heavy atom. The average Bonchev–Trinajstić information content (AvgIpc) is 2.93. The zero-order valence-corrected chi connectivity index (χ0v) is 14.4. The van der Waals surface area contributed by atoms with Crippen LogP contribution in [0.25, 0.3) is 0 Å². The second kappa shape index (κ2) is 5.51. The van der Waals surface area contributed by atoms with Gasteiger partial charge in [0.15, 0.2) is 0 Å². The molecule has 0 amide bonds. The molecule has 4 aliphatic carbocycles. The van der Waals surface area contributed by atoms with E-state index >= 15 is 0 Å². The molecule has 0 aromatic heterocycles. The van der Waals surface area contributed by atoms with Crippen LogP contribution in [0, 0.1) is 29.1 Å². The predicted molar refractivity (Wildman–Crippen MR) is 91.5 cm³/mol. The molecule has 0 bridgehead atoms. The van der Waals surface area contributed by atoms with Crippen molar-refractivity contribution in [3.63, 3.8) is 0 Å². The van der Waals surface area contributed by atoms with Gasteiger partial charge in [-0.1, -0.05) is 32.4 Å². The van der Waals surface area contributed by atoms with Crippen LogP contribution in [0.3, 0.4) is 0 Å². The van der Waals surface area contributed by atoms with Gasteiger partial charge in [0.1, 0.15) is 0 Å². The van der Waals surface area contributed by atoms with E-state index in [0.717, 1.165) is 30.1 Å². The number of aliphatic hydroxyl groups is 1. The van der Waals surface area contributed by atoms with Crippen LogP contribution in [0.15, 0.2) is 23.3 Å². The molecule has 4 unspecified atom stereocenters. The topological polar surface area (TPSA) is 20.2 Å². The minimum absolute atomic E-state index is 0.218. The molecule has 22 heavy (non-hydrogen) atoms. The summed E-state index contributed by atoms with van der Waals surface area (Å²) in [6.07, 6.45) is 16.4. The van der Waals surface area contributed by atoms with Gasteiger partial charge in [-0.2, -0.15) is 0 Å². The van der Waals surface area contributed by atoms with Crippen molar-refractivity contribution in [2.24, 2.45) is 29.1 Å².